The maximum absolute atomic E-state index is 12.3. The van der Waals surface area contributed by atoms with Gasteiger partial charge in [0.25, 0.3) is 0 Å². The number of hydrogen-bond donors (Lipinski definition) is 2. The van der Waals surface area contributed by atoms with Gasteiger partial charge in [-0.2, -0.15) is 0 Å². The molecule has 0 unspecified atom stereocenters. The molecule has 1 aromatic carbocycles. The lowest BCUT2D eigenvalue weighted by Gasteiger charge is -2.32. The van der Waals surface area contributed by atoms with Crippen LogP contribution in [-0.2, 0) is 14.3 Å². The number of piperidine rings is 1. The molecule has 1 heterocycles. The molecule has 1 fully saturated rings. The summed E-state index contributed by atoms with van der Waals surface area (Å²) in [5, 5.41) is 5.45. The van der Waals surface area contributed by atoms with E-state index in [1.54, 1.807) is 31.7 Å². The minimum absolute atomic E-state index is 0.0694. The zero-order valence-electron chi connectivity index (χ0n) is 18.4. The van der Waals surface area contributed by atoms with Crippen molar-refractivity contribution < 1.29 is 19.1 Å². The first kappa shape index (κ1) is 23.4. The quantitative estimate of drug-likeness (QED) is 0.700. The highest BCUT2D eigenvalue weighted by Crippen LogP contribution is 2.16. The van der Waals surface area contributed by atoms with Crippen LogP contribution in [0.1, 0.15) is 44.7 Å². The Kier molecular flexibility index (Phi) is 8.45. The van der Waals surface area contributed by atoms with Crippen molar-refractivity contribution in [3.8, 4) is 0 Å². The van der Waals surface area contributed by atoms with Crippen molar-refractivity contribution in [1.29, 1.82) is 0 Å². The van der Waals surface area contributed by atoms with Crippen molar-refractivity contribution in [2.75, 3.05) is 26.2 Å². The third-order valence-corrected chi connectivity index (χ3v) is 4.92. The highest BCUT2D eigenvalue weighted by Gasteiger charge is 2.24. The third kappa shape index (κ3) is 8.27. The van der Waals surface area contributed by atoms with Gasteiger partial charge in [0.2, 0.25) is 11.8 Å². The number of ether oxygens (including phenoxy) is 1. The summed E-state index contributed by atoms with van der Waals surface area (Å²) in [5.41, 5.74) is 1.56. The second-order valence-corrected chi connectivity index (χ2v) is 8.61. The molecule has 3 amide bonds. The predicted molar refractivity (Wildman–Crippen MR) is 117 cm³/mol. The SMILES string of the molecule is Cc1ccccc1/C=C/C(=O)NCC1CCN(C(=O)CNC(=O)OC(C)(C)C)CC1. The summed E-state index contributed by atoms with van der Waals surface area (Å²) in [6.07, 6.45) is 4.43. The van der Waals surface area contributed by atoms with Crippen LogP contribution in [0.5, 0.6) is 0 Å². The fraction of sp³-hybridized carbons (Fsp3) is 0.522. The molecule has 164 valence electrons. The monoisotopic (exact) mass is 415 g/mol. The Morgan fingerprint density at radius 1 is 1.13 bits per heavy atom. The zero-order valence-corrected chi connectivity index (χ0v) is 18.4. The molecule has 7 nitrogen and oxygen atoms in total. The molecule has 30 heavy (non-hydrogen) atoms. The van der Waals surface area contributed by atoms with Gasteiger partial charge in [0, 0.05) is 25.7 Å². The van der Waals surface area contributed by atoms with Gasteiger partial charge in [-0.05, 0) is 63.7 Å². The Hall–Kier alpha value is -2.83. The van der Waals surface area contributed by atoms with Crippen molar-refractivity contribution in [3.05, 3.63) is 41.5 Å². The summed E-state index contributed by atoms with van der Waals surface area (Å²) in [5.74, 6) is 0.103. The second kappa shape index (κ2) is 10.8. The lowest BCUT2D eigenvalue weighted by Crippen LogP contribution is -2.46. The molecule has 7 heteroatoms. The molecule has 0 saturated carbocycles. The number of nitrogens with zero attached hydrogens (tertiary/aromatic N) is 1. The first-order valence-corrected chi connectivity index (χ1v) is 10.4. The molecular weight excluding hydrogens is 382 g/mol. The van der Waals surface area contributed by atoms with Crippen LogP contribution in [0.15, 0.2) is 30.3 Å². The molecule has 2 rings (SSSR count). The number of hydrogen-bond acceptors (Lipinski definition) is 4. The van der Waals surface area contributed by atoms with E-state index in [2.05, 4.69) is 10.6 Å². The molecule has 1 saturated heterocycles. The van der Waals surface area contributed by atoms with Crippen LogP contribution in [0, 0.1) is 12.8 Å². The summed E-state index contributed by atoms with van der Waals surface area (Å²) >= 11 is 0. The molecule has 0 radical (unpaired) electrons. The van der Waals surface area contributed by atoms with Crippen LogP contribution in [0.25, 0.3) is 6.08 Å². The summed E-state index contributed by atoms with van der Waals surface area (Å²) in [6, 6.07) is 7.90. The lowest BCUT2D eigenvalue weighted by molar-refractivity contribution is -0.131. The first-order chi connectivity index (χ1) is 14.1. The van der Waals surface area contributed by atoms with Crippen molar-refractivity contribution in [2.24, 2.45) is 5.92 Å². The molecular formula is C23H33N3O4. The van der Waals surface area contributed by atoms with Crippen LogP contribution >= 0.6 is 0 Å². The molecule has 1 aliphatic heterocycles. The number of amides is 3. The maximum Gasteiger partial charge on any atom is 0.408 e. The van der Waals surface area contributed by atoms with Gasteiger partial charge < -0.3 is 20.3 Å². The van der Waals surface area contributed by atoms with E-state index in [0.29, 0.717) is 25.6 Å². The van der Waals surface area contributed by atoms with Crippen LogP contribution in [0.2, 0.25) is 0 Å². The fourth-order valence-corrected chi connectivity index (χ4v) is 3.20. The minimum Gasteiger partial charge on any atom is -0.444 e. The Bertz CT molecular complexity index is 775. The van der Waals surface area contributed by atoms with Crippen molar-refractivity contribution in [3.63, 3.8) is 0 Å². The molecule has 1 aromatic rings. The van der Waals surface area contributed by atoms with E-state index >= 15 is 0 Å². The number of rotatable bonds is 6. The minimum atomic E-state index is -0.592. The van der Waals surface area contributed by atoms with Gasteiger partial charge in [-0.3, -0.25) is 9.59 Å². The van der Waals surface area contributed by atoms with E-state index in [0.717, 1.165) is 24.0 Å². The topological polar surface area (TPSA) is 87.7 Å². The van der Waals surface area contributed by atoms with Gasteiger partial charge in [-0.1, -0.05) is 24.3 Å². The average molecular weight is 416 g/mol. The van der Waals surface area contributed by atoms with Crippen molar-refractivity contribution >= 4 is 24.0 Å². The Morgan fingerprint density at radius 2 is 1.80 bits per heavy atom. The van der Waals surface area contributed by atoms with E-state index < -0.39 is 11.7 Å². The molecule has 0 spiro atoms. The van der Waals surface area contributed by atoms with E-state index in [9.17, 15) is 14.4 Å². The van der Waals surface area contributed by atoms with Gasteiger partial charge in [-0.25, -0.2) is 4.79 Å². The first-order valence-electron chi connectivity index (χ1n) is 10.4. The number of benzene rings is 1. The van der Waals surface area contributed by atoms with Gasteiger partial charge in [0.1, 0.15) is 12.1 Å². The van der Waals surface area contributed by atoms with Crippen LogP contribution in [0.4, 0.5) is 4.79 Å². The molecule has 1 aliphatic rings. The summed E-state index contributed by atoms with van der Waals surface area (Å²) in [6.45, 7) is 9.09. The number of aryl methyl sites for hydroxylation is 1. The number of nitrogens with one attached hydrogen (secondary N) is 2. The van der Waals surface area contributed by atoms with Gasteiger partial charge in [-0.15, -0.1) is 0 Å². The zero-order chi connectivity index (χ0) is 22.1. The van der Waals surface area contributed by atoms with E-state index in [1.807, 2.05) is 37.3 Å². The fourth-order valence-electron chi connectivity index (χ4n) is 3.20. The van der Waals surface area contributed by atoms with E-state index in [1.165, 1.54) is 0 Å². The van der Waals surface area contributed by atoms with E-state index in [-0.39, 0.29) is 18.4 Å². The van der Waals surface area contributed by atoms with Gasteiger partial charge in [0.05, 0.1) is 0 Å². The van der Waals surface area contributed by atoms with Crippen LogP contribution < -0.4 is 10.6 Å². The second-order valence-electron chi connectivity index (χ2n) is 8.61. The molecule has 0 bridgehead atoms. The molecule has 0 aromatic heterocycles. The number of carbonyl (C=O) groups excluding carboxylic acids is 3. The molecule has 0 atom stereocenters. The Balaban J connectivity index is 1.66. The molecule has 2 N–H and O–H groups in total. The van der Waals surface area contributed by atoms with E-state index in [4.69, 9.17) is 4.74 Å². The normalized spacial score (nSPS) is 15.1. The number of likely N-dealkylation sites (tertiary alicyclic amines) is 1. The largest absolute Gasteiger partial charge is 0.444 e. The summed E-state index contributed by atoms with van der Waals surface area (Å²) < 4.78 is 5.13. The number of alkyl carbamates (subject to hydrolysis) is 1. The molecule has 0 aliphatic carbocycles. The highest BCUT2D eigenvalue weighted by atomic mass is 16.6. The summed E-state index contributed by atoms with van der Waals surface area (Å²) in [4.78, 5) is 37.7. The predicted octanol–water partition coefficient (Wildman–Crippen LogP) is 2.89. The standard InChI is InChI=1S/C23H33N3O4/c1-17-7-5-6-8-19(17)9-10-20(27)24-15-18-11-13-26(14-12-18)21(28)16-25-22(29)30-23(2,3)4/h5-10,18H,11-16H2,1-4H3,(H,24,27)(H,25,29)/b10-9+. The van der Waals surface area contributed by atoms with Crippen molar-refractivity contribution in [1.82, 2.24) is 15.5 Å². The Labute approximate surface area is 178 Å². The smallest absolute Gasteiger partial charge is 0.408 e. The third-order valence-electron chi connectivity index (χ3n) is 4.92. The number of carbonyl (C=O) groups is 3. The van der Waals surface area contributed by atoms with Gasteiger partial charge in [0.15, 0.2) is 0 Å². The van der Waals surface area contributed by atoms with Crippen molar-refractivity contribution in [2.45, 2.75) is 46.1 Å². The Morgan fingerprint density at radius 3 is 2.43 bits per heavy atom. The van der Waals surface area contributed by atoms with Crippen LogP contribution in [-0.4, -0.2) is 54.6 Å². The van der Waals surface area contributed by atoms with Gasteiger partial charge >= 0.3 is 6.09 Å². The highest BCUT2D eigenvalue weighted by molar-refractivity contribution is 5.91. The summed E-state index contributed by atoms with van der Waals surface area (Å²) in [7, 11) is 0. The van der Waals surface area contributed by atoms with Crippen LogP contribution in [0.3, 0.4) is 0 Å². The lowest BCUT2D eigenvalue weighted by atomic mass is 9.96. The average Bonchev–Trinajstić information content (AvgIpc) is 2.69. The maximum atomic E-state index is 12.3.